The summed E-state index contributed by atoms with van der Waals surface area (Å²) in [6.45, 7) is 0.466. The van der Waals surface area contributed by atoms with Crippen molar-refractivity contribution in [2.45, 2.75) is 13.0 Å². The van der Waals surface area contributed by atoms with Crippen molar-refractivity contribution in [3.05, 3.63) is 88.4 Å². The van der Waals surface area contributed by atoms with Gasteiger partial charge in [-0.05, 0) is 59.7 Å². The molecule has 0 aromatic heterocycles. The second-order valence-electron chi connectivity index (χ2n) is 6.70. The average Bonchev–Trinajstić information content (AvgIpc) is 2.80. The van der Waals surface area contributed by atoms with Crippen LogP contribution in [0.4, 0.5) is 5.69 Å². The van der Waals surface area contributed by atoms with Crippen LogP contribution in [-0.2, 0) is 16.2 Å². The maximum absolute atomic E-state index is 12.0. The molecule has 2 N–H and O–H groups in total. The maximum atomic E-state index is 12.0. The Hall–Kier alpha value is -3.65. The highest BCUT2D eigenvalue weighted by Gasteiger charge is 2.11. The van der Waals surface area contributed by atoms with E-state index in [0.29, 0.717) is 18.0 Å². The van der Waals surface area contributed by atoms with Gasteiger partial charge in [-0.15, -0.1) is 0 Å². The van der Waals surface area contributed by atoms with Crippen molar-refractivity contribution < 1.29 is 19.1 Å². The molecule has 0 saturated heterocycles. The molecule has 0 bridgehead atoms. The van der Waals surface area contributed by atoms with Crippen LogP contribution in [0.5, 0.6) is 11.5 Å². The van der Waals surface area contributed by atoms with E-state index in [1.54, 1.807) is 24.3 Å². The number of amides is 2. The monoisotopic (exact) mass is 495 g/mol. The first-order valence-corrected chi connectivity index (χ1v) is 10.5. The van der Waals surface area contributed by atoms with E-state index in [2.05, 4.69) is 31.8 Å². The summed E-state index contributed by atoms with van der Waals surface area (Å²) in [6.07, 6.45) is 1.13. The summed E-state index contributed by atoms with van der Waals surface area (Å²) >= 11 is 3.41. The van der Waals surface area contributed by atoms with Gasteiger partial charge in [-0.2, -0.15) is 5.10 Å². The van der Waals surface area contributed by atoms with Gasteiger partial charge in [0, 0.05) is 4.47 Å². The zero-order chi connectivity index (χ0) is 22.8. The number of hydrogen-bond acceptors (Lipinski definition) is 5. The van der Waals surface area contributed by atoms with Crippen molar-refractivity contribution in [3.63, 3.8) is 0 Å². The van der Waals surface area contributed by atoms with E-state index in [9.17, 15) is 9.59 Å². The fourth-order valence-electron chi connectivity index (χ4n) is 2.70. The average molecular weight is 496 g/mol. The lowest BCUT2D eigenvalue weighted by atomic mass is 10.2. The quantitative estimate of drug-likeness (QED) is 0.259. The molecule has 0 heterocycles. The Morgan fingerprint density at radius 1 is 0.969 bits per heavy atom. The third kappa shape index (κ3) is 7.24. The second kappa shape index (κ2) is 11.7. The molecular formula is C24H22BrN3O4. The fraction of sp³-hybridized carbons (Fsp3) is 0.125. The van der Waals surface area contributed by atoms with Crippen molar-refractivity contribution in [1.82, 2.24) is 5.43 Å². The number of methoxy groups -OCH3 is 1. The van der Waals surface area contributed by atoms with E-state index in [0.717, 1.165) is 21.3 Å². The number of nitrogens with zero attached hydrogens (tertiary/aromatic N) is 1. The predicted molar refractivity (Wildman–Crippen MR) is 127 cm³/mol. The summed E-state index contributed by atoms with van der Waals surface area (Å²) in [5.41, 5.74) is 4.69. The third-order valence-electron chi connectivity index (χ3n) is 4.30. The molecule has 2 amide bonds. The molecule has 0 radical (unpaired) electrons. The summed E-state index contributed by atoms with van der Waals surface area (Å²) in [5.74, 6) is 0.253. The number of nitrogens with one attached hydrogen (secondary N) is 2. The number of hydrogen-bond donors (Lipinski definition) is 2. The number of carbonyl (C=O) groups excluding carboxylic acids is 2. The number of para-hydroxylation sites is 2. The van der Waals surface area contributed by atoms with E-state index in [1.165, 1.54) is 13.3 Å². The van der Waals surface area contributed by atoms with Crippen molar-refractivity contribution in [2.75, 3.05) is 12.4 Å². The van der Waals surface area contributed by atoms with Gasteiger partial charge in [0.05, 0.1) is 19.0 Å². The number of carbonyl (C=O) groups is 2. The van der Waals surface area contributed by atoms with Gasteiger partial charge in [0.1, 0.15) is 24.5 Å². The molecule has 164 valence electrons. The lowest BCUT2D eigenvalue weighted by molar-refractivity contribution is -0.126. The molecule has 0 unspecified atom stereocenters. The molecule has 0 fully saturated rings. The predicted octanol–water partition coefficient (Wildman–Crippen LogP) is 4.52. The maximum Gasteiger partial charge on any atom is 0.249 e. The Bertz CT molecular complexity index is 1080. The van der Waals surface area contributed by atoms with Crippen molar-refractivity contribution in [1.29, 1.82) is 0 Å². The minimum absolute atomic E-state index is 0.363. The van der Waals surface area contributed by atoms with Crippen LogP contribution < -0.4 is 20.2 Å². The Kier molecular flexibility index (Phi) is 8.39. The molecule has 0 aliphatic heterocycles. The van der Waals surface area contributed by atoms with E-state index in [1.807, 2.05) is 48.5 Å². The van der Waals surface area contributed by atoms with Crippen molar-refractivity contribution in [2.24, 2.45) is 5.10 Å². The molecule has 0 atom stereocenters. The molecule has 32 heavy (non-hydrogen) atoms. The SMILES string of the molecule is COc1ccccc1NC(=O)CC(=O)NN=Cc1ccc(OCc2ccc(Br)cc2)cc1. The lowest BCUT2D eigenvalue weighted by Gasteiger charge is -2.09. The van der Waals surface area contributed by atoms with E-state index < -0.39 is 11.8 Å². The normalized spacial score (nSPS) is 10.6. The molecule has 3 aromatic rings. The van der Waals surface area contributed by atoms with Crippen LogP contribution in [0.3, 0.4) is 0 Å². The van der Waals surface area contributed by atoms with E-state index in [4.69, 9.17) is 9.47 Å². The van der Waals surface area contributed by atoms with Crippen LogP contribution >= 0.6 is 15.9 Å². The number of hydrazone groups is 1. The highest BCUT2D eigenvalue weighted by atomic mass is 79.9. The van der Waals surface area contributed by atoms with Crippen LogP contribution in [0.15, 0.2) is 82.4 Å². The fourth-order valence-corrected chi connectivity index (χ4v) is 2.97. The van der Waals surface area contributed by atoms with Crippen LogP contribution in [0.2, 0.25) is 0 Å². The van der Waals surface area contributed by atoms with Gasteiger partial charge in [-0.1, -0.05) is 40.2 Å². The molecule has 0 aliphatic rings. The standard InChI is InChI=1S/C24H22BrN3O4/c1-31-22-5-3-2-4-21(22)27-23(29)14-24(30)28-26-15-17-8-12-20(13-9-17)32-16-18-6-10-19(25)11-7-18/h2-13,15H,14,16H2,1H3,(H,27,29)(H,28,30). The zero-order valence-corrected chi connectivity index (χ0v) is 19.0. The molecular weight excluding hydrogens is 474 g/mol. The van der Waals surface area contributed by atoms with Gasteiger partial charge in [-0.25, -0.2) is 5.43 Å². The smallest absolute Gasteiger partial charge is 0.249 e. The number of benzene rings is 3. The largest absolute Gasteiger partial charge is 0.495 e. The highest BCUT2D eigenvalue weighted by Crippen LogP contribution is 2.23. The molecule has 0 saturated carbocycles. The molecule has 0 spiro atoms. The minimum atomic E-state index is -0.525. The molecule has 7 nitrogen and oxygen atoms in total. The number of rotatable bonds is 9. The number of anilines is 1. The molecule has 0 aliphatic carbocycles. The van der Waals surface area contributed by atoms with Gasteiger partial charge >= 0.3 is 0 Å². The van der Waals surface area contributed by atoms with Crippen LogP contribution in [-0.4, -0.2) is 25.1 Å². The Morgan fingerprint density at radius 2 is 1.69 bits per heavy atom. The number of halogens is 1. The summed E-state index contributed by atoms with van der Waals surface area (Å²) < 4.78 is 11.9. The summed E-state index contributed by atoms with van der Waals surface area (Å²) in [7, 11) is 1.51. The first kappa shape index (κ1) is 23.0. The molecule has 3 aromatic carbocycles. The first-order chi connectivity index (χ1) is 15.5. The van der Waals surface area contributed by atoms with Crippen LogP contribution in [0, 0.1) is 0 Å². The molecule has 8 heteroatoms. The first-order valence-electron chi connectivity index (χ1n) is 9.75. The lowest BCUT2D eigenvalue weighted by Crippen LogP contribution is -2.24. The minimum Gasteiger partial charge on any atom is -0.495 e. The topological polar surface area (TPSA) is 89.0 Å². The van der Waals surface area contributed by atoms with Gasteiger partial charge < -0.3 is 14.8 Å². The Labute approximate surface area is 194 Å². The van der Waals surface area contributed by atoms with Gasteiger partial charge in [0.25, 0.3) is 0 Å². The molecule has 3 rings (SSSR count). The highest BCUT2D eigenvalue weighted by molar-refractivity contribution is 9.10. The Balaban J connectivity index is 1.43. The van der Waals surface area contributed by atoms with Crippen molar-refractivity contribution >= 4 is 39.6 Å². The third-order valence-corrected chi connectivity index (χ3v) is 4.83. The summed E-state index contributed by atoms with van der Waals surface area (Å²) in [6, 6.07) is 22.2. The van der Waals surface area contributed by atoms with Crippen molar-refractivity contribution in [3.8, 4) is 11.5 Å². The van der Waals surface area contributed by atoms with Gasteiger partial charge in [0.2, 0.25) is 11.8 Å². The number of ether oxygens (including phenoxy) is 2. The summed E-state index contributed by atoms with van der Waals surface area (Å²) in [4.78, 5) is 24.0. The van der Waals surface area contributed by atoms with Gasteiger partial charge in [0.15, 0.2) is 0 Å². The summed E-state index contributed by atoms with van der Waals surface area (Å²) in [5, 5.41) is 6.53. The van der Waals surface area contributed by atoms with E-state index in [-0.39, 0.29) is 6.42 Å². The second-order valence-corrected chi connectivity index (χ2v) is 7.62. The Morgan fingerprint density at radius 3 is 2.41 bits per heavy atom. The van der Waals surface area contributed by atoms with Crippen LogP contribution in [0.25, 0.3) is 0 Å². The van der Waals surface area contributed by atoms with E-state index >= 15 is 0 Å². The van der Waals surface area contributed by atoms with Crippen LogP contribution in [0.1, 0.15) is 17.5 Å². The zero-order valence-electron chi connectivity index (χ0n) is 17.4. The van der Waals surface area contributed by atoms with Gasteiger partial charge in [-0.3, -0.25) is 9.59 Å².